The maximum Gasteiger partial charge on any atom is 0.253 e. The topological polar surface area (TPSA) is 67.2 Å². The molecule has 6 nitrogen and oxygen atoms in total. The summed E-state index contributed by atoms with van der Waals surface area (Å²) in [5, 5.41) is 5.49. The van der Waals surface area contributed by atoms with Crippen molar-refractivity contribution in [1.82, 2.24) is 14.5 Å². The van der Waals surface area contributed by atoms with Gasteiger partial charge in [-0.1, -0.05) is 6.08 Å². The number of halogens is 1. The summed E-state index contributed by atoms with van der Waals surface area (Å²) in [7, 11) is 0. The van der Waals surface area contributed by atoms with Gasteiger partial charge in [-0.25, -0.2) is 9.37 Å². The fourth-order valence-electron chi connectivity index (χ4n) is 4.25. The largest absolute Gasteiger partial charge is 0.345 e. The SMILES string of the molecule is C=CCn1c(C)cc(-c2csc(NC(=O)C3CCN(C(=O)c4ccc(F)cc4)CC3)n2)c1C. The second-order valence-electron chi connectivity index (χ2n) is 8.28. The number of carbonyl (C=O) groups excluding carboxylic acids is 2. The number of carbonyl (C=O) groups is 2. The number of likely N-dealkylation sites (tertiary alicyclic amines) is 1. The molecule has 0 atom stereocenters. The smallest absolute Gasteiger partial charge is 0.253 e. The lowest BCUT2D eigenvalue weighted by Gasteiger charge is -2.31. The van der Waals surface area contributed by atoms with Gasteiger partial charge < -0.3 is 14.8 Å². The fourth-order valence-corrected chi connectivity index (χ4v) is 4.97. The Morgan fingerprint density at radius 1 is 1.24 bits per heavy atom. The van der Waals surface area contributed by atoms with Crippen molar-refractivity contribution in [2.75, 3.05) is 18.4 Å². The summed E-state index contributed by atoms with van der Waals surface area (Å²) >= 11 is 1.41. The molecule has 2 amide bonds. The van der Waals surface area contributed by atoms with Gasteiger partial charge in [-0.2, -0.15) is 0 Å². The maximum atomic E-state index is 13.1. The predicted molar refractivity (Wildman–Crippen MR) is 129 cm³/mol. The molecule has 1 aromatic carbocycles. The minimum Gasteiger partial charge on any atom is -0.345 e. The van der Waals surface area contributed by atoms with Crippen molar-refractivity contribution in [2.45, 2.75) is 33.2 Å². The number of hydrogen-bond donors (Lipinski definition) is 1. The summed E-state index contributed by atoms with van der Waals surface area (Å²) in [6, 6.07) is 7.66. The van der Waals surface area contributed by atoms with Crippen LogP contribution in [0, 0.1) is 25.6 Å². The zero-order chi connectivity index (χ0) is 23.5. The Balaban J connectivity index is 1.35. The molecule has 8 heteroatoms. The van der Waals surface area contributed by atoms with Crippen molar-refractivity contribution in [3.05, 3.63) is 71.1 Å². The van der Waals surface area contributed by atoms with E-state index in [9.17, 15) is 14.0 Å². The third kappa shape index (κ3) is 4.90. The minimum absolute atomic E-state index is 0.0677. The standard InChI is InChI=1S/C25H27FN4O2S/c1-4-11-30-16(2)14-21(17(30)3)22-15-33-25(27-22)28-23(31)18-9-12-29(13-10-18)24(32)19-5-7-20(26)8-6-19/h4-8,14-15,18H,1,9-13H2,2-3H3,(H,27,28,31). The summed E-state index contributed by atoms with van der Waals surface area (Å²) in [6.45, 7) is 9.66. The van der Waals surface area contributed by atoms with Crippen LogP contribution in [-0.4, -0.2) is 39.4 Å². The van der Waals surface area contributed by atoms with Crippen LogP contribution in [0.1, 0.15) is 34.6 Å². The molecular weight excluding hydrogens is 439 g/mol. The Morgan fingerprint density at radius 3 is 2.61 bits per heavy atom. The van der Waals surface area contributed by atoms with E-state index in [0.29, 0.717) is 36.6 Å². The van der Waals surface area contributed by atoms with E-state index in [4.69, 9.17) is 0 Å². The van der Waals surface area contributed by atoms with E-state index in [2.05, 4.69) is 41.4 Å². The first kappa shape index (κ1) is 22.9. The summed E-state index contributed by atoms with van der Waals surface area (Å²) in [5.41, 5.74) is 4.62. The number of piperidine rings is 1. The van der Waals surface area contributed by atoms with Gasteiger partial charge in [0, 0.05) is 53.4 Å². The number of aryl methyl sites for hydroxylation is 1. The van der Waals surface area contributed by atoms with Crippen LogP contribution in [-0.2, 0) is 11.3 Å². The predicted octanol–water partition coefficient (Wildman–Crippen LogP) is 5.04. The second-order valence-corrected chi connectivity index (χ2v) is 9.14. The highest BCUT2D eigenvalue weighted by atomic mass is 32.1. The highest BCUT2D eigenvalue weighted by Gasteiger charge is 2.28. The average molecular weight is 467 g/mol. The van der Waals surface area contributed by atoms with E-state index >= 15 is 0 Å². The van der Waals surface area contributed by atoms with Crippen molar-refractivity contribution in [1.29, 1.82) is 0 Å². The number of rotatable bonds is 6. The molecule has 3 heterocycles. The van der Waals surface area contributed by atoms with Crippen molar-refractivity contribution < 1.29 is 14.0 Å². The molecule has 1 aliphatic heterocycles. The third-order valence-corrected chi connectivity index (χ3v) is 6.90. The van der Waals surface area contributed by atoms with Gasteiger partial charge >= 0.3 is 0 Å². The van der Waals surface area contributed by atoms with E-state index in [1.807, 2.05) is 11.5 Å². The van der Waals surface area contributed by atoms with Crippen LogP contribution in [0.15, 0.2) is 48.4 Å². The number of nitrogens with one attached hydrogen (secondary N) is 1. The summed E-state index contributed by atoms with van der Waals surface area (Å²) in [5.74, 6) is -0.742. The summed E-state index contributed by atoms with van der Waals surface area (Å²) in [6.07, 6.45) is 3.04. The number of nitrogens with zero attached hydrogens (tertiary/aromatic N) is 3. The highest BCUT2D eigenvalue weighted by Crippen LogP contribution is 2.30. The summed E-state index contributed by atoms with van der Waals surface area (Å²) < 4.78 is 15.3. The van der Waals surface area contributed by atoms with Gasteiger partial charge in [-0.3, -0.25) is 9.59 Å². The molecule has 1 saturated heterocycles. The van der Waals surface area contributed by atoms with Gasteiger partial charge in [-0.15, -0.1) is 17.9 Å². The summed E-state index contributed by atoms with van der Waals surface area (Å²) in [4.78, 5) is 31.8. The van der Waals surface area contributed by atoms with E-state index in [0.717, 1.165) is 29.2 Å². The first-order valence-electron chi connectivity index (χ1n) is 11.0. The number of anilines is 1. The quantitative estimate of drug-likeness (QED) is 0.517. The number of thiazole rings is 1. The minimum atomic E-state index is -0.369. The van der Waals surface area contributed by atoms with Crippen molar-refractivity contribution in [2.24, 2.45) is 5.92 Å². The molecule has 0 spiro atoms. The van der Waals surface area contributed by atoms with Crippen LogP contribution >= 0.6 is 11.3 Å². The first-order valence-corrected chi connectivity index (χ1v) is 11.8. The van der Waals surface area contributed by atoms with Crippen LogP contribution in [0.4, 0.5) is 9.52 Å². The van der Waals surface area contributed by atoms with Gasteiger partial charge in [0.1, 0.15) is 5.82 Å². The maximum absolute atomic E-state index is 13.1. The Hall–Kier alpha value is -3.26. The number of amides is 2. The molecule has 0 unspecified atom stereocenters. The number of hydrogen-bond acceptors (Lipinski definition) is 4. The van der Waals surface area contributed by atoms with Gasteiger partial charge in [0.15, 0.2) is 5.13 Å². The molecule has 1 aliphatic rings. The number of aromatic nitrogens is 2. The van der Waals surface area contributed by atoms with Gasteiger partial charge in [0.2, 0.25) is 5.91 Å². The van der Waals surface area contributed by atoms with Crippen LogP contribution in [0.25, 0.3) is 11.3 Å². The Kier molecular flexibility index (Phi) is 6.74. The molecule has 4 rings (SSSR count). The Bertz CT molecular complexity index is 1170. The first-order chi connectivity index (χ1) is 15.9. The average Bonchev–Trinajstić information content (AvgIpc) is 3.39. The molecule has 1 N–H and O–H groups in total. The van der Waals surface area contributed by atoms with Gasteiger partial charge in [0.05, 0.1) is 5.69 Å². The normalized spacial score (nSPS) is 14.3. The molecule has 33 heavy (non-hydrogen) atoms. The molecule has 0 bridgehead atoms. The zero-order valence-electron chi connectivity index (χ0n) is 18.8. The molecule has 2 aromatic heterocycles. The Labute approximate surface area is 196 Å². The lowest BCUT2D eigenvalue weighted by Crippen LogP contribution is -2.41. The number of benzene rings is 1. The third-order valence-electron chi connectivity index (χ3n) is 6.14. The lowest BCUT2D eigenvalue weighted by molar-refractivity contribution is -0.121. The van der Waals surface area contributed by atoms with E-state index in [1.54, 1.807) is 4.90 Å². The van der Waals surface area contributed by atoms with Crippen LogP contribution in [0.3, 0.4) is 0 Å². The monoisotopic (exact) mass is 466 g/mol. The van der Waals surface area contributed by atoms with Gasteiger partial charge in [-0.05, 0) is 57.0 Å². The van der Waals surface area contributed by atoms with Crippen molar-refractivity contribution in [3.8, 4) is 11.3 Å². The van der Waals surface area contributed by atoms with Crippen LogP contribution in [0.2, 0.25) is 0 Å². The van der Waals surface area contributed by atoms with Crippen molar-refractivity contribution >= 4 is 28.3 Å². The van der Waals surface area contributed by atoms with Crippen LogP contribution < -0.4 is 5.32 Å². The van der Waals surface area contributed by atoms with E-state index in [-0.39, 0.29) is 23.5 Å². The van der Waals surface area contributed by atoms with Crippen LogP contribution in [0.5, 0.6) is 0 Å². The van der Waals surface area contributed by atoms with E-state index in [1.165, 1.54) is 35.6 Å². The molecule has 1 fully saturated rings. The van der Waals surface area contributed by atoms with E-state index < -0.39 is 0 Å². The van der Waals surface area contributed by atoms with Gasteiger partial charge in [0.25, 0.3) is 5.91 Å². The molecule has 0 saturated carbocycles. The lowest BCUT2D eigenvalue weighted by atomic mass is 9.95. The molecule has 0 radical (unpaired) electrons. The molecule has 172 valence electrons. The highest BCUT2D eigenvalue weighted by molar-refractivity contribution is 7.14. The fraction of sp³-hybridized carbons (Fsp3) is 0.320. The second kappa shape index (κ2) is 9.70. The number of allylic oxidation sites excluding steroid dienone is 1. The molecular formula is C25H27FN4O2S. The Morgan fingerprint density at radius 2 is 1.94 bits per heavy atom. The zero-order valence-corrected chi connectivity index (χ0v) is 19.6. The molecule has 3 aromatic rings. The molecule has 0 aliphatic carbocycles. The van der Waals surface area contributed by atoms with Crippen molar-refractivity contribution in [3.63, 3.8) is 0 Å².